The molecule has 4 heteroatoms. The molecule has 0 amide bonds. The van der Waals surface area contributed by atoms with Gasteiger partial charge in [0.15, 0.2) is 0 Å². The summed E-state index contributed by atoms with van der Waals surface area (Å²) in [4.78, 5) is 11.3. The van der Waals surface area contributed by atoms with Crippen LogP contribution in [0.15, 0.2) is 0 Å². The number of nitrogens with one attached hydrogen (secondary N) is 1. The van der Waals surface area contributed by atoms with Crippen molar-refractivity contribution in [3.63, 3.8) is 0 Å². The summed E-state index contributed by atoms with van der Waals surface area (Å²) in [5.41, 5.74) is 5.15. The zero-order chi connectivity index (χ0) is 9.03. The van der Waals surface area contributed by atoms with Gasteiger partial charge < -0.3 is 15.8 Å². The highest BCUT2D eigenvalue weighted by molar-refractivity contribution is 5.80. The van der Waals surface area contributed by atoms with E-state index in [9.17, 15) is 4.79 Å². The highest BCUT2D eigenvalue weighted by Gasteiger charge is 2.35. The van der Waals surface area contributed by atoms with Crippen LogP contribution in [-0.2, 0) is 9.53 Å². The van der Waals surface area contributed by atoms with Gasteiger partial charge in [0.1, 0.15) is 5.54 Å². The molecule has 0 spiro atoms. The first-order chi connectivity index (χ1) is 5.69. The van der Waals surface area contributed by atoms with Crippen molar-refractivity contribution in [2.24, 2.45) is 5.73 Å². The molecule has 1 rings (SSSR count). The third-order valence-electron chi connectivity index (χ3n) is 2.32. The average molecular weight is 172 g/mol. The maximum Gasteiger partial charge on any atom is 0.325 e. The van der Waals surface area contributed by atoms with E-state index in [4.69, 9.17) is 5.73 Å². The van der Waals surface area contributed by atoms with E-state index >= 15 is 0 Å². The number of methoxy groups -OCH3 is 1. The van der Waals surface area contributed by atoms with Crippen molar-refractivity contribution in [2.75, 3.05) is 20.2 Å². The zero-order valence-corrected chi connectivity index (χ0v) is 7.43. The lowest BCUT2D eigenvalue weighted by molar-refractivity contribution is -0.147. The average Bonchev–Trinajstić information content (AvgIpc) is 2.29. The van der Waals surface area contributed by atoms with Gasteiger partial charge in [-0.25, -0.2) is 0 Å². The molecule has 12 heavy (non-hydrogen) atoms. The lowest BCUT2D eigenvalue weighted by Crippen LogP contribution is -2.49. The van der Waals surface area contributed by atoms with E-state index in [1.165, 1.54) is 7.11 Å². The quantitative estimate of drug-likeness (QED) is 0.530. The normalized spacial score (nSPS) is 30.8. The maximum atomic E-state index is 11.3. The summed E-state index contributed by atoms with van der Waals surface area (Å²) in [5, 5.41) is 3.19. The van der Waals surface area contributed by atoms with Crippen molar-refractivity contribution < 1.29 is 9.53 Å². The number of hydrogen-bond acceptors (Lipinski definition) is 4. The van der Waals surface area contributed by atoms with E-state index in [0.717, 1.165) is 19.5 Å². The summed E-state index contributed by atoms with van der Waals surface area (Å²) in [5.74, 6) is -0.286. The first-order valence-corrected chi connectivity index (χ1v) is 4.27. The molecule has 3 N–H and O–H groups in total. The highest BCUT2D eigenvalue weighted by Crippen LogP contribution is 2.17. The molecule has 1 unspecified atom stereocenters. The molecule has 1 fully saturated rings. The summed E-state index contributed by atoms with van der Waals surface area (Å²) in [6, 6.07) is 0. The topological polar surface area (TPSA) is 64.3 Å². The Labute approximate surface area is 72.5 Å². The van der Waals surface area contributed by atoms with Crippen molar-refractivity contribution in [2.45, 2.75) is 24.8 Å². The summed E-state index contributed by atoms with van der Waals surface area (Å²) < 4.78 is 4.66. The lowest BCUT2D eigenvalue weighted by atomic mass is 9.92. The number of esters is 1. The molecule has 0 bridgehead atoms. The SMILES string of the molecule is COC(=O)C1(N)CCCNCC1. The van der Waals surface area contributed by atoms with Crippen LogP contribution in [0.1, 0.15) is 19.3 Å². The Bertz CT molecular complexity index is 162. The summed E-state index contributed by atoms with van der Waals surface area (Å²) in [6.07, 6.45) is 2.32. The minimum absolute atomic E-state index is 0.286. The van der Waals surface area contributed by atoms with Crippen LogP contribution in [0.25, 0.3) is 0 Å². The Morgan fingerprint density at radius 2 is 2.25 bits per heavy atom. The molecule has 70 valence electrons. The van der Waals surface area contributed by atoms with Crippen molar-refractivity contribution >= 4 is 5.97 Å². The molecule has 1 heterocycles. The Hall–Kier alpha value is -0.610. The standard InChI is InChI=1S/C8H16N2O2/c1-12-7(11)8(9)3-2-5-10-6-4-8/h10H,2-6,9H2,1H3. The van der Waals surface area contributed by atoms with Gasteiger partial charge in [0.05, 0.1) is 7.11 Å². The molecule has 1 atom stereocenters. The molecular formula is C8H16N2O2. The Balaban J connectivity index is 2.59. The van der Waals surface area contributed by atoms with Gasteiger partial charge in [-0.05, 0) is 32.4 Å². The highest BCUT2D eigenvalue weighted by atomic mass is 16.5. The predicted octanol–water partition coefficient (Wildman–Crippen LogP) is -0.370. The van der Waals surface area contributed by atoms with Gasteiger partial charge in [-0.2, -0.15) is 0 Å². The summed E-state index contributed by atoms with van der Waals surface area (Å²) in [6.45, 7) is 1.74. The molecule has 0 aromatic heterocycles. The van der Waals surface area contributed by atoms with E-state index in [2.05, 4.69) is 10.1 Å². The third kappa shape index (κ3) is 1.95. The van der Waals surface area contributed by atoms with Gasteiger partial charge in [0.25, 0.3) is 0 Å². The largest absolute Gasteiger partial charge is 0.468 e. The van der Waals surface area contributed by atoms with E-state index in [1.54, 1.807) is 0 Å². The van der Waals surface area contributed by atoms with Crippen LogP contribution in [0.4, 0.5) is 0 Å². The molecule has 0 aromatic carbocycles. The smallest absolute Gasteiger partial charge is 0.325 e. The van der Waals surface area contributed by atoms with Crippen LogP contribution >= 0.6 is 0 Å². The first kappa shape index (κ1) is 9.48. The fraction of sp³-hybridized carbons (Fsp3) is 0.875. The number of hydrogen-bond donors (Lipinski definition) is 2. The van der Waals surface area contributed by atoms with Crippen LogP contribution in [0.5, 0.6) is 0 Å². The van der Waals surface area contributed by atoms with Gasteiger partial charge >= 0.3 is 5.97 Å². The lowest BCUT2D eigenvalue weighted by Gasteiger charge is -2.23. The summed E-state index contributed by atoms with van der Waals surface area (Å²) in [7, 11) is 1.38. The third-order valence-corrected chi connectivity index (χ3v) is 2.32. The first-order valence-electron chi connectivity index (χ1n) is 4.27. The molecule has 1 aliphatic heterocycles. The monoisotopic (exact) mass is 172 g/mol. The minimum Gasteiger partial charge on any atom is -0.468 e. The number of carbonyl (C=O) groups excluding carboxylic acids is 1. The zero-order valence-electron chi connectivity index (χ0n) is 7.43. The predicted molar refractivity (Wildman–Crippen MR) is 45.7 cm³/mol. The van der Waals surface area contributed by atoms with Crippen molar-refractivity contribution in [1.82, 2.24) is 5.32 Å². The fourth-order valence-electron chi connectivity index (χ4n) is 1.50. The number of ether oxygens (including phenoxy) is 1. The van der Waals surface area contributed by atoms with Crippen molar-refractivity contribution in [3.8, 4) is 0 Å². The number of rotatable bonds is 1. The van der Waals surface area contributed by atoms with E-state index in [0.29, 0.717) is 12.8 Å². The Kier molecular flexibility index (Phi) is 3.05. The molecule has 0 radical (unpaired) electrons. The van der Waals surface area contributed by atoms with Gasteiger partial charge in [-0.1, -0.05) is 0 Å². The van der Waals surface area contributed by atoms with Gasteiger partial charge in [0.2, 0.25) is 0 Å². The van der Waals surface area contributed by atoms with Crippen LogP contribution < -0.4 is 11.1 Å². The van der Waals surface area contributed by atoms with Gasteiger partial charge in [-0.3, -0.25) is 4.79 Å². The second-order valence-electron chi connectivity index (χ2n) is 3.25. The molecule has 0 aliphatic carbocycles. The molecule has 0 saturated carbocycles. The van der Waals surface area contributed by atoms with Crippen LogP contribution in [0.3, 0.4) is 0 Å². The molecular weight excluding hydrogens is 156 g/mol. The van der Waals surface area contributed by atoms with E-state index < -0.39 is 5.54 Å². The number of carbonyl (C=O) groups is 1. The molecule has 1 saturated heterocycles. The Morgan fingerprint density at radius 1 is 1.50 bits per heavy atom. The second kappa shape index (κ2) is 3.87. The van der Waals surface area contributed by atoms with Crippen molar-refractivity contribution in [3.05, 3.63) is 0 Å². The van der Waals surface area contributed by atoms with E-state index in [1.807, 2.05) is 0 Å². The van der Waals surface area contributed by atoms with E-state index in [-0.39, 0.29) is 5.97 Å². The van der Waals surface area contributed by atoms with Crippen LogP contribution in [0, 0.1) is 0 Å². The maximum absolute atomic E-state index is 11.3. The van der Waals surface area contributed by atoms with Crippen LogP contribution in [0.2, 0.25) is 0 Å². The van der Waals surface area contributed by atoms with Crippen LogP contribution in [-0.4, -0.2) is 31.7 Å². The minimum atomic E-state index is -0.752. The molecule has 1 aliphatic rings. The fourth-order valence-corrected chi connectivity index (χ4v) is 1.50. The van der Waals surface area contributed by atoms with Gasteiger partial charge in [-0.15, -0.1) is 0 Å². The number of nitrogens with two attached hydrogens (primary N) is 1. The van der Waals surface area contributed by atoms with Crippen molar-refractivity contribution in [1.29, 1.82) is 0 Å². The van der Waals surface area contributed by atoms with Gasteiger partial charge in [0, 0.05) is 0 Å². The Morgan fingerprint density at radius 3 is 2.92 bits per heavy atom. The molecule has 4 nitrogen and oxygen atoms in total. The second-order valence-corrected chi connectivity index (χ2v) is 3.25. The summed E-state index contributed by atoms with van der Waals surface area (Å²) >= 11 is 0. The molecule has 0 aromatic rings.